The maximum Gasteiger partial charge on any atom is 0.252 e. The fourth-order valence-electron chi connectivity index (χ4n) is 1.29. The largest absolute Gasteiger partial charge is 0.475 e. The van der Waals surface area contributed by atoms with Gasteiger partial charge in [-0.3, -0.25) is 4.79 Å². The Kier molecular flexibility index (Phi) is 4.87. The van der Waals surface area contributed by atoms with Gasteiger partial charge in [0.2, 0.25) is 5.88 Å². The lowest BCUT2D eigenvalue weighted by atomic mass is 10.1. The summed E-state index contributed by atoms with van der Waals surface area (Å²) < 4.78 is 5.55. The number of carbonyl (C=O) groups excluding carboxylic acids is 1. The Balaban J connectivity index is 2.82. The quantitative estimate of drug-likeness (QED) is 0.882. The first-order chi connectivity index (χ1) is 8.88. The molecule has 1 rings (SSSR count). The Morgan fingerprint density at radius 1 is 1.63 bits per heavy atom. The van der Waals surface area contributed by atoms with Crippen LogP contribution in [-0.2, 0) is 0 Å². The molecule has 1 heterocycles. The summed E-state index contributed by atoms with van der Waals surface area (Å²) in [7, 11) is 0. The predicted molar refractivity (Wildman–Crippen MR) is 71.8 cm³/mol. The molecule has 1 aromatic heterocycles. The summed E-state index contributed by atoms with van der Waals surface area (Å²) in [6.07, 6.45) is 2.42. The molecule has 19 heavy (non-hydrogen) atoms. The molecule has 0 spiro atoms. The van der Waals surface area contributed by atoms with E-state index in [4.69, 9.17) is 10.00 Å². The summed E-state index contributed by atoms with van der Waals surface area (Å²) >= 11 is 0. The number of carbonyl (C=O) groups is 1. The van der Waals surface area contributed by atoms with Gasteiger partial charge in [0.25, 0.3) is 5.91 Å². The molecule has 0 aromatic carbocycles. The van der Waals surface area contributed by atoms with E-state index in [1.807, 2.05) is 19.9 Å². The Labute approximate surface area is 113 Å². The zero-order valence-corrected chi connectivity index (χ0v) is 11.7. The molecule has 5 nitrogen and oxygen atoms in total. The minimum absolute atomic E-state index is 0.0429. The van der Waals surface area contributed by atoms with E-state index in [9.17, 15) is 4.79 Å². The first-order valence-corrected chi connectivity index (χ1v) is 6.24. The Hall–Kier alpha value is -2.09. The lowest BCUT2D eigenvalue weighted by Gasteiger charge is -2.18. The van der Waals surface area contributed by atoms with E-state index in [2.05, 4.69) is 10.3 Å². The van der Waals surface area contributed by atoms with Crippen LogP contribution in [0.5, 0.6) is 5.88 Å². The number of rotatable bonds is 5. The summed E-state index contributed by atoms with van der Waals surface area (Å²) in [6.45, 7) is 7.23. The number of aromatic nitrogens is 1. The molecule has 0 aliphatic heterocycles. The molecule has 1 unspecified atom stereocenters. The molecule has 0 bridgehead atoms. The number of hydrogen-bond donors (Lipinski definition) is 1. The van der Waals surface area contributed by atoms with Crippen molar-refractivity contribution in [2.45, 2.75) is 45.8 Å². The Morgan fingerprint density at radius 2 is 2.32 bits per heavy atom. The summed E-state index contributed by atoms with van der Waals surface area (Å²) in [5.41, 5.74) is -0.477. The number of nitrogens with zero attached hydrogens (tertiary/aromatic N) is 2. The van der Waals surface area contributed by atoms with Gasteiger partial charge >= 0.3 is 0 Å². The van der Waals surface area contributed by atoms with Gasteiger partial charge in [0.1, 0.15) is 5.54 Å². The van der Waals surface area contributed by atoms with Crippen LogP contribution in [-0.4, -0.2) is 22.5 Å². The zero-order valence-electron chi connectivity index (χ0n) is 11.7. The number of nitrogens with one attached hydrogen (secondary N) is 1. The number of amides is 1. The topological polar surface area (TPSA) is 75.0 Å². The number of nitriles is 1. The van der Waals surface area contributed by atoms with Gasteiger partial charge in [0.15, 0.2) is 0 Å². The van der Waals surface area contributed by atoms with E-state index in [1.54, 1.807) is 26.0 Å². The van der Waals surface area contributed by atoms with Crippen molar-refractivity contribution in [1.82, 2.24) is 10.3 Å². The average Bonchev–Trinajstić information content (AvgIpc) is 2.38. The van der Waals surface area contributed by atoms with E-state index in [-0.39, 0.29) is 12.0 Å². The van der Waals surface area contributed by atoms with Gasteiger partial charge in [-0.2, -0.15) is 5.26 Å². The molecule has 1 amide bonds. The van der Waals surface area contributed by atoms with Crippen LogP contribution in [0.4, 0.5) is 0 Å². The van der Waals surface area contributed by atoms with Crippen molar-refractivity contribution in [2.24, 2.45) is 0 Å². The third-order valence-corrected chi connectivity index (χ3v) is 2.60. The fraction of sp³-hybridized carbons (Fsp3) is 0.500. The molecule has 102 valence electrons. The second-order valence-electron chi connectivity index (χ2n) is 4.91. The normalized spacial score (nSPS) is 12.4. The van der Waals surface area contributed by atoms with Gasteiger partial charge in [-0.15, -0.1) is 0 Å². The Bertz CT molecular complexity index is 492. The highest BCUT2D eigenvalue weighted by Gasteiger charge is 2.20. The van der Waals surface area contributed by atoms with Crippen LogP contribution in [0.3, 0.4) is 0 Å². The van der Waals surface area contributed by atoms with Gasteiger partial charge in [-0.25, -0.2) is 4.98 Å². The molecule has 0 fully saturated rings. The maximum absolute atomic E-state index is 12.0. The minimum atomic E-state index is -0.905. The monoisotopic (exact) mass is 261 g/mol. The van der Waals surface area contributed by atoms with Crippen molar-refractivity contribution >= 4 is 5.91 Å². The van der Waals surface area contributed by atoms with Crippen LogP contribution in [0, 0.1) is 11.3 Å². The molecule has 1 N–H and O–H groups in total. The van der Waals surface area contributed by atoms with Crippen molar-refractivity contribution in [3.05, 3.63) is 23.9 Å². The van der Waals surface area contributed by atoms with Gasteiger partial charge in [0, 0.05) is 17.8 Å². The van der Waals surface area contributed by atoms with Gasteiger partial charge < -0.3 is 10.1 Å². The summed E-state index contributed by atoms with van der Waals surface area (Å²) in [5.74, 6) is 0.0970. The molecule has 0 radical (unpaired) electrons. The highest BCUT2D eigenvalue weighted by molar-refractivity contribution is 5.95. The minimum Gasteiger partial charge on any atom is -0.475 e. The SMILES string of the molecule is CCC(C)Oc1cc(C(=O)NC(C)(C)C#N)ccn1. The van der Waals surface area contributed by atoms with Crippen LogP contribution in [0.2, 0.25) is 0 Å². The third kappa shape index (κ3) is 4.59. The number of ether oxygens (including phenoxy) is 1. The van der Waals surface area contributed by atoms with Crippen molar-refractivity contribution < 1.29 is 9.53 Å². The van der Waals surface area contributed by atoms with Crippen LogP contribution in [0.25, 0.3) is 0 Å². The molecule has 0 aliphatic rings. The van der Waals surface area contributed by atoms with Crippen LogP contribution >= 0.6 is 0 Å². The highest BCUT2D eigenvalue weighted by atomic mass is 16.5. The van der Waals surface area contributed by atoms with Crippen LogP contribution in [0.15, 0.2) is 18.3 Å². The molecule has 1 atom stereocenters. The fourth-order valence-corrected chi connectivity index (χ4v) is 1.29. The molecule has 1 aromatic rings. The van der Waals surface area contributed by atoms with Crippen molar-refractivity contribution in [1.29, 1.82) is 5.26 Å². The van der Waals surface area contributed by atoms with Crippen LogP contribution in [0.1, 0.15) is 44.5 Å². The average molecular weight is 261 g/mol. The van der Waals surface area contributed by atoms with Crippen LogP contribution < -0.4 is 10.1 Å². The third-order valence-electron chi connectivity index (χ3n) is 2.60. The highest BCUT2D eigenvalue weighted by Crippen LogP contribution is 2.13. The van der Waals surface area contributed by atoms with Gasteiger partial charge in [-0.1, -0.05) is 6.92 Å². The Morgan fingerprint density at radius 3 is 2.89 bits per heavy atom. The summed E-state index contributed by atoms with van der Waals surface area (Å²) in [4.78, 5) is 16.0. The first-order valence-electron chi connectivity index (χ1n) is 6.24. The van der Waals surface area contributed by atoms with E-state index in [0.717, 1.165) is 6.42 Å². The standard InChI is InChI=1S/C14H19N3O2/c1-5-10(2)19-12-8-11(6-7-16-12)13(18)17-14(3,4)9-15/h6-8,10H,5H2,1-4H3,(H,17,18). The molecule has 0 aliphatic carbocycles. The lowest BCUT2D eigenvalue weighted by molar-refractivity contribution is 0.0928. The number of hydrogen-bond acceptors (Lipinski definition) is 4. The molecule has 5 heteroatoms. The number of pyridine rings is 1. The second kappa shape index (κ2) is 6.19. The van der Waals surface area contributed by atoms with Crippen molar-refractivity contribution in [3.63, 3.8) is 0 Å². The summed E-state index contributed by atoms with van der Waals surface area (Å²) in [6, 6.07) is 5.19. The predicted octanol–water partition coefficient (Wildman–Crippen LogP) is 2.29. The maximum atomic E-state index is 12.0. The van der Waals surface area contributed by atoms with E-state index in [1.165, 1.54) is 6.20 Å². The van der Waals surface area contributed by atoms with Gasteiger partial charge in [-0.05, 0) is 33.3 Å². The van der Waals surface area contributed by atoms with E-state index in [0.29, 0.717) is 11.4 Å². The van der Waals surface area contributed by atoms with Crippen molar-refractivity contribution in [3.8, 4) is 11.9 Å². The van der Waals surface area contributed by atoms with Crippen molar-refractivity contribution in [2.75, 3.05) is 0 Å². The molecular weight excluding hydrogens is 242 g/mol. The smallest absolute Gasteiger partial charge is 0.252 e. The zero-order chi connectivity index (χ0) is 14.5. The molecular formula is C14H19N3O2. The molecule has 0 saturated heterocycles. The van der Waals surface area contributed by atoms with E-state index >= 15 is 0 Å². The second-order valence-corrected chi connectivity index (χ2v) is 4.91. The van der Waals surface area contributed by atoms with E-state index < -0.39 is 5.54 Å². The first kappa shape index (κ1) is 15.0. The lowest BCUT2D eigenvalue weighted by Crippen LogP contribution is -2.42. The van der Waals surface area contributed by atoms with Gasteiger partial charge in [0.05, 0.1) is 12.2 Å². The molecule has 0 saturated carbocycles. The summed E-state index contributed by atoms with van der Waals surface area (Å²) in [5, 5.41) is 11.5.